The number of halogens is 4. The normalized spacial score (nSPS) is 12.6. The first-order valence-electron chi connectivity index (χ1n) is 7.22. The van der Waals surface area contributed by atoms with Gasteiger partial charge in [-0.2, -0.15) is 13.2 Å². The molecule has 0 saturated carbocycles. The number of para-hydroxylation sites is 1. The van der Waals surface area contributed by atoms with Crippen LogP contribution in [0.3, 0.4) is 0 Å². The zero-order valence-electron chi connectivity index (χ0n) is 12.9. The molecular weight excluding hydrogens is 355 g/mol. The van der Waals surface area contributed by atoms with E-state index < -0.39 is 17.8 Å². The van der Waals surface area contributed by atoms with Crippen LogP contribution < -0.4 is 0 Å². The molecule has 0 fully saturated rings. The summed E-state index contributed by atoms with van der Waals surface area (Å²) in [5, 5.41) is 0.385. The molecule has 0 bridgehead atoms. The van der Waals surface area contributed by atoms with Crippen LogP contribution in [-0.2, 0) is 11.0 Å². The van der Waals surface area contributed by atoms with Crippen molar-refractivity contribution >= 4 is 34.2 Å². The SMILES string of the molecule is CC(=O)N=C(c1ccccc1Cl)c1c(C(F)(F)F)oc2ccccc12. The Morgan fingerprint density at radius 3 is 2.36 bits per heavy atom. The third-order valence-electron chi connectivity index (χ3n) is 3.49. The summed E-state index contributed by atoms with van der Waals surface area (Å²) >= 11 is 6.13. The van der Waals surface area contributed by atoms with Gasteiger partial charge in [-0.05, 0) is 12.1 Å². The van der Waals surface area contributed by atoms with Crippen LogP contribution in [0.4, 0.5) is 13.2 Å². The largest absolute Gasteiger partial charge is 0.451 e. The highest BCUT2D eigenvalue weighted by atomic mass is 35.5. The summed E-state index contributed by atoms with van der Waals surface area (Å²) in [4.78, 5) is 15.4. The molecule has 0 unspecified atom stereocenters. The molecule has 0 radical (unpaired) electrons. The number of amides is 1. The molecule has 25 heavy (non-hydrogen) atoms. The first-order chi connectivity index (χ1) is 11.8. The fourth-order valence-electron chi connectivity index (χ4n) is 2.54. The Morgan fingerprint density at radius 1 is 1.08 bits per heavy atom. The molecule has 0 N–H and O–H groups in total. The van der Waals surface area contributed by atoms with E-state index in [2.05, 4.69) is 4.99 Å². The van der Waals surface area contributed by atoms with Crippen molar-refractivity contribution in [1.29, 1.82) is 0 Å². The van der Waals surface area contributed by atoms with Crippen LogP contribution in [0.25, 0.3) is 11.0 Å². The van der Waals surface area contributed by atoms with E-state index >= 15 is 0 Å². The zero-order valence-corrected chi connectivity index (χ0v) is 13.7. The molecule has 128 valence electrons. The predicted molar refractivity (Wildman–Crippen MR) is 89.0 cm³/mol. The van der Waals surface area contributed by atoms with E-state index in [1.807, 2.05) is 0 Å². The van der Waals surface area contributed by atoms with E-state index in [4.69, 9.17) is 16.0 Å². The van der Waals surface area contributed by atoms with Crippen molar-refractivity contribution < 1.29 is 22.4 Å². The Hall–Kier alpha value is -2.60. The fourth-order valence-corrected chi connectivity index (χ4v) is 2.77. The van der Waals surface area contributed by atoms with Gasteiger partial charge in [-0.3, -0.25) is 4.79 Å². The van der Waals surface area contributed by atoms with Crippen LogP contribution in [0.15, 0.2) is 57.9 Å². The highest BCUT2D eigenvalue weighted by Crippen LogP contribution is 2.40. The van der Waals surface area contributed by atoms with Crippen molar-refractivity contribution in [2.45, 2.75) is 13.1 Å². The highest BCUT2D eigenvalue weighted by molar-refractivity contribution is 6.36. The first-order valence-corrected chi connectivity index (χ1v) is 7.60. The number of benzene rings is 2. The molecule has 3 rings (SSSR count). The van der Waals surface area contributed by atoms with Crippen molar-refractivity contribution in [1.82, 2.24) is 0 Å². The van der Waals surface area contributed by atoms with Crippen molar-refractivity contribution in [3.8, 4) is 0 Å². The van der Waals surface area contributed by atoms with Crippen LogP contribution in [-0.4, -0.2) is 11.6 Å². The second-order valence-corrected chi connectivity index (χ2v) is 5.67. The minimum atomic E-state index is -4.76. The lowest BCUT2D eigenvalue weighted by molar-refractivity contribution is -0.152. The summed E-state index contributed by atoms with van der Waals surface area (Å²) in [6, 6.07) is 12.3. The van der Waals surface area contributed by atoms with E-state index in [0.717, 1.165) is 6.92 Å². The van der Waals surface area contributed by atoms with Crippen LogP contribution in [0.1, 0.15) is 23.8 Å². The van der Waals surface area contributed by atoms with Gasteiger partial charge in [0.05, 0.1) is 11.3 Å². The van der Waals surface area contributed by atoms with Gasteiger partial charge in [-0.15, -0.1) is 0 Å². The molecule has 3 nitrogen and oxygen atoms in total. The average molecular weight is 366 g/mol. The average Bonchev–Trinajstić information content (AvgIpc) is 2.93. The van der Waals surface area contributed by atoms with Crippen molar-refractivity contribution in [2.24, 2.45) is 4.99 Å². The predicted octanol–water partition coefficient (Wildman–Crippen LogP) is 5.49. The summed E-state index contributed by atoms with van der Waals surface area (Å²) in [6.45, 7) is 1.16. The highest BCUT2D eigenvalue weighted by Gasteiger charge is 2.41. The molecule has 0 aliphatic rings. The Kier molecular flexibility index (Phi) is 4.39. The Morgan fingerprint density at radius 2 is 1.72 bits per heavy atom. The molecule has 0 atom stereocenters. The molecule has 0 aliphatic carbocycles. The summed E-state index contributed by atoms with van der Waals surface area (Å²) in [5.41, 5.74) is -0.202. The maximum absolute atomic E-state index is 13.5. The number of carbonyl (C=O) groups excluding carboxylic acids is 1. The van der Waals surface area contributed by atoms with Crippen molar-refractivity contribution in [2.75, 3.05) is 0 Å². The molecule has 3 aromatic rings. The Labute approximate surface area is 145 Å². The molecule has 1 heterocycles. The lowest BCUT2D eigenvalue weighted by Gasteiger charge is -2.11. The molecule has 0 aliphatic heterocycles. The first kappa shape index (κ1) is 17.2. The monoisotopic (exact) mass is 365 g/mol. The van der Waals surface area contributed by atoms with Gasteiger partial charge in [0.1, 0.15) is 5.58 Å². The number of fused-ring (bicyclic) bond motifs is 1. The summed E-state index contributed by atoms with van der Waals surface area (Å²) < 4.78 is 45.6. The van der Waals surface area contributed by atoms with Crippen molar-refractivity contribution in [3.05, 3.63) is 70.4 Å². The molecule has 0 spiro atoms. The lowest BCUT2D eigenvalue weighted by atomic mass is 9.98. The minimum absolute atomic E-state index is 0.0492. The maximum atomic E-state index is 13.5. The van der Waals surface area contributed by atoms with E-state index in [1.165, 1.54) is 24.3 Å². The van der Waals surface area contributed by atoms with E-state index in [1.54, 1.807) is 24.3 Å². The van der Waals surface area contributed by atoms with Crippen LogP contribution in [0, 0.1) is 0 Å². The summed E-state index contributed by atoms with van der Waals surface area (Å²) in [7, 11) is 0. The van der Waals surface area contributed by atoms with E-state index in [9.17, 15) is 18.0 Å². The van der Waals surface area contributed by atoms with Gasteiger partial charge in [-0.1, -0.05) is 48.0 Å². The van der Waals surface area contributed by atoms with Gasteiger partial charge < -0.3 is 4.42 Å². The number of rotatable bonds is 2. The van der Waals surface area contributed by atoms with Gasteiger partial charge in [0.25, 0.3) is 0 Å². The molecular formula is C18H11ClF3NO2. The fraction of sp³-hybridized carbons (Fsp3) is 0.111. The third kappa shape index (κ3) is 3.30. The number of hydrogen-bond donors (Lipinski definition) is 0. The van der Waals surface area contributed by atoms with Gasteiger partial charge >= 0.3 is 6.18 Å². The summed E-state index contributed by atoms with van der Waals surface area (Å²) in [6.07, 6.45) is -4.76. The van der Waals surface area contributed by atoms with E-state index in [-0.39, 0.29) is 32.8 Å². The Bertz CT molecular complexity index is 989. The number of carbonyl (C=O) groups is 1. The second-order valence-electron chi connectivity index (χ2n) is 5.26. The quantitative estimate of drug-likeness (QED) is 0.563. The maximum Gasteiger partial charge on any atom is 0.450 e. The topological polar surface area (TPSA) is 42.6 Å². The second kappa shape index (κ2) is 6.37. The number of nitrogens with zero attached hydrogens (tertiary/aromatic N) is 1. The minimum Gasteiger partial charge on any atom is -0.451 e. The van der Waals surface area contributed by atoms with Gasteiger partial charge in [0.15, 0.2) is 0 Å². The van der Waals surface area contributed by atoms with Crippen molar-refractivity contribution in [3.63, 3.8) is 0 Å². The third-order valence-corrected chi connectivity index (χ3v) is 3.82. The molecule has 1 aromatic heterocycles. The number of aliphatic imine (C=N–C) groups is 1. The van der Waals surface area contributed by atoms with Gasteiger partial charge in [-0.25, -0.2) is 4.99 Å². The molecule has 7 heteroatoms. The number of alkyl halides is 3. The van der Waals surface area contributed by atoms with Crippen LogP contribution >= 0.6 is 11.6 Å². The van der Waals surface area contributed by atoms with Crippen LogP contribution in [0.5, 0.6) is 0 Å². The number of hydrogen-bond acceptors (Lipinski definition) is 2. The molecule has 2 aromatic carbocycles. The zero-order chi connectivity index (χ0) is 18.2. The summed E-state index contributed by atoms with van der Waals surface area (Å²) in [5.74, 6) is -1.86. The van der Waals surface area contributed by atoms with Crippen LogP contribution in [0.2, 0.25) is 5.02 Å². The molecule has 0 saturated heterocycles. The number of furan rings is 1. The lowest BCUT2D eigenvalue weighted by Crippen LogP contribution is -2.14. The van der Waals surface area contributed by atoms with E-state index in [0.29, 0.717) is 0 Å². The molecule has 1 amide bonds. The van der Waals surface area contributed by atoms with Gasteiger partial charge in [0.2, 0.25) is 11.7 Å². The smallest absolute Gasteiger partial charge is 0.450 e. The standard InChI is InChI=1S/C18H11ClF3NO2/c1-10(24)23-16(11-6-2-4-8-13(11)19)15-12-7-3-5-9-14(12)25-17(15)18(20,21)22/h2-9H,1H3. The Balaban J connectivity index is 2.42. The van der Waals surface area contributed by atoms with Gasteiger partial charge in [0, 0.05) is 22.9 Å².